The van der Waals surface area contributed by atoms with Crippen molar-refractivity contribution in [2.24, 2.45) is 0 Å². The molecule has 5 heteroatoms. The van der Waals surface area contributed by atoms with Crippen molar-refractivity contribution in [3.63, 3.8) is 0 Å². The predicted molar refractivity (Wildman–Crippen MR) is 54.9 cm³/mol. The molecular weight excluding hydrogens is 207 g/mol. The van der Waals surface area contributed by atoms with E-state index in [1.165, 1.54) is 26.4 Å². The first-order valence-corrected chi connectivity index (χ1v) is 3.96. The summed E-state index contributed by atoms with van der Waals surface area (Å²) in [6.07, 6.45) is 0. The first kappa shape index (κ1) is 14.2. The normalized spacial score (nSPS) is 8.67. The number of esters is 2. The Morgan fingerprint density at radius 2 is 1.27 bits per heavy atom. The van der Waals surface area contributed by atoms with Crippen LogP contribution in [-0.4, -0.2) is 55.7 Å². The summed E-state index contributed by atoms with van der Waals surface area (Å²) in [4.78, 5) is 22.4. The van der Waals surface area contributed by atoms with Gasteiger partial charge in [0.1, 0.15) is 0 Å². The van der Waals surface area contributed by atoms with Crippen LogP contribution >= 0.6 is 0 Å². The zero-order chi connectivity index (χ0) is 10.6. The van der Waals surface area contributed by atoms with Gasteiger partial charge < -0.3 is 9.47 Å². The van der Waals surface area contributed by atoms with Crippen molar-refractivity contribution < 1.29 is 19.1 Å². The molecule has 0 aliphatic heterocycles. The largest absolute Gasteiger partial charge is 0.465 e. The molecule has 15 heavy (non-hydrogen) atoms. The molecule has 0 amide bonds. The Morgan fingerprint density at radius 1 is 0.933 bits per heavy atom. The standard InChI is InChI=1S/C10H10O4.Na/c1-13-9(11)7-5-3-4-6-8(7)10(12)14-2;/h3-6H,1-2H3;. The molecule has 1 aromatic carbocycles. The fourth-order valence-electron chi connectivity index (χ4n) is 1.06. The molecular formula is C10H10NaO4. The van der Waals surface area contributed by atoms with E-state index in [9.17, 15) is 9.59 Å². The van der Waals surface area contributed by atoms with Crippen molar-refractivity contribution in [2.45, 2.75) is 0 Å². The van der Waals surface area contributed by atoms with Crippen LogP contribution in [0, 0.1) is 0 Å². The average Bonchev–Trinajstić information content (AvgIpc) is 2.27. The third kappa shape index (κ3) is 3.34. The van der Waals surface area contributed by atoms with Crippen molar-refractivity contribution in [1.82, 2.24) is 0 Å². The Bertz CT molecular complexity index is 327. The van der Waals surface area contributed by atoms with Crippen LogP contribution in [-0.2, 0) is 9.47 Å². The second-order valence-electron chi connectivity index (χ2n) is 2.53. The van der Waals surface area contributed by atoms with Crippen LogP contribution in [0.2, 0.25) is 0 Å². The van der Waals surface area contributed by atoms with Crippen LogP contribution < -0.4 is 0 Å². The Kier molecular flexibility index (Phi) is 6.24. The van der Waals surface area contributed by atoms with E-state index in [4.69, 9.17) is 0 Å². The van der Waals surface area contributed by atoms with Gasteiger partial charge in [0.15, 0.2) is 0 Å². The van der Waals surface area contributed by atoms with Crippen LogP contribution in [0.15, 0.2) is 24.3 Å². The maximum atomic E-state index is 11.2. The van der Waals surface area contributed by atoms with Crippen molar-refractivity contribution >= 4 is 41.5 Å². The van der Waals surface area contributed by atoms with Gasteiger partial charge in [0, 0.05) is 29.6 Å². The molecule has 1 rings (SSSR count). The molecule has 0 heterocycles. The van der Waals surface area contributed by atoms with Crippen LogP contribution in [0.4, 0.5) is 0 Å². The Morgan fingerprint density at radius 3 is 1.53 bits per heavy atom. The smallest absolute Gasteiger partial charge is 0.338 e. The van der Waals surface area contributed by atoms with E-state index in [2.05, 4.69) is 9.47 Å². The van der Waals surface area contributed by atoms with Crippen molar-refractivity contribution in [3.05, 3.63) is 35.4 Å². The number of methoxy groups -OCH3 is 2. The third-order valence-corrected chi connectivity index (χ3v) is 1.74. The summed E-state index contributed by atoms with van der Waals surface area (Å²) in [5.41, 5.74) is 0.420. The molecule has 0 atom stereocenters. The molecule has 4 nitrogen and oxygen atoms in total. The molecule has 75 valence electrons. The molecule has 0 aromatic heterocycles. The molecule has 0 fully saturated rings. The van der Waals surface area contributed by atoms with E-state index in [1.807, 2.05) is 0 Å². The molecule has 0 bridgehead atoms. The van der Waals surface area contributed by atoms with Gasteiger partial charge >= 0.3 is 11.9 Å². The zero-order valence-corrected chi connectivity index (χ0v) is 10.9. The van der Waals surface area contributed by atoms with Crippen LogP contribution in [0.5, 0.6) is 0 Å². The first-order chi connectivity index (χ1) is 6.70. The molecule has 1 radical (unpaired) electrons. The van der Waals surface area contributed by atoms with E-state index in [-0.39, 0.29) is 40.7 Å². The van der Waals surface area contributed by atoms with Crippen LogP contribution in [0.25, 0.3) is 0 Å². The molecule has 0 aliphatic rings. The SMILES string of the molecule is COC(=O)c1ccccc1C(=O)OC.[Na]. The molecule has 1 aromatic rings. The van der Waals surface area contributed by atoms with Gasteiger partial charge in [0.2, 0.25) is 0 Å². The quantitative estimate of drug-likeness (QED) is 0.545. The van der Waals surface area contributed by atoms with Crippen molar-refractivity contribution in [2.75, 3.05) is 14.2 Å². The number of carbonyl (C=O) groups excluding carboxylic acids is 2. The number of rotatable bonds is 2. The van der Waals surface area contributed by atoms with Crippen LogP contribution in [0.1, 0.15) is 20.7 Å². The Hall–Kier alpha value is -0.840. The fraction of sp³-hybridized carbons (Fsp3) is 0.200. The summed E-state index contributed by atoms with van der Waals surface area (Å²) < 4.78 is 9.05. The number of benzene rings is 1. The molecule has 0 unspecified atom stereocenters. The third-order valence-electron chi connectivity index (χ3n) is 1.74. The van der Waals surface area contributed by atoms with Gasteiger partial charge in [0.05, 0.1) is 25.3 Å². The number of carbonyl (C=O) groups is 2. The molecule has 0 N–H and O–H groups in total. The fourth-order valence-corrected chi connectivity index (χ4v) is 1.06. The monoisotopic (exact) mass is 217 g/mol. The summed E-state index contributed by atoms with van der Waals surface area (Å²) in [6.45, 7) is 0. The molecule has 0 spiro atoms. The summed E-state index contributed by atoms with van der Waals surface area (Å²) in [6, 6.07) is 6.33. The van der Waals surface area contributed by atoms with Gasteiger partial charge in [-0.25, -0.2) is 9.59 Å². The Labute approximate surface area is 110 Å². The summed E-state index contributed by atoms with van der Waals surface area (Å²) >= 11 is 0. The molecule has 0 saturated carbocycles. The van der Waals surface area contributed by atoms with Gasteiger partial charge in [-0.2, -0.15) is 0 Å². The minimum Gasteiger partial charge on any atom is -0.465 e. The topological polar surface area (TPSA) is 52.6 Å². The van der Waals surface area contributed by atoms with E-state index in [0.717, 1.165) is 0 Å². The summed E-state index contributed by atoms with van der Waals surface area (Å²) in [7, 11) is 2.52. The predicted octanol–water partition coefficient (Wildman–Crippen LogP) is 0.879. The Balaban J connectivity index is 0.00000196. The molecule has 0 saturated heterocycles. The van der Waals surface area contributed by atoms with Crippen molar-refractivity contribution in [1.29, 1.82) is 0 Å². The van der Waals surface area contributed by atoms with Crippen LogP contribution in [0.3, 0.4) is 0 Å². The van der Waals surface area contributed by atoms with Gasteiger partial charge in [0.25, 0.3) is 0 Å². The zero-order valence-electron chi connectivity index (χ0n) is 8.94. The van der Waals surface area contributed by atoms with Gasteiger partial charge in [-0.1, -0.05) is 12.1 Å². The second kappa shape index (κ2) is 6.61. The number of hydrogen-bond donors (Lipinski definition) is 0. The average molecular weight is 217 g/mol. The second-order valence-corrected chi connectivity index (χ2v) is 2.53. The van der Waals surface area contributed by atoms with E-state index in [0.29, 0.717) is 0 Å². The first-order valence-electron chi connectivity index (χ1n) is 3.96. The minimum absolute atomic E-state index is 0. The number of hydrogen-bond acceptors (Lipinski definition) is 4. The van der Waals surface area contributed by atoms with Gasteiger partial charge in [-0.05, 0) is 12.1 Å². The summed E-state index contributed by atoms with van der Waals surface area (Å²) in [5.74, 6) is -1.10. The van der Waals surface area contributed by atoms with Gasteiger partial charge in [-0.15, -0.1) is 0 Å². The van der Waals surface area contributed by atoms with Gasteiger partial charge in [-0.3, -0.25) is 0 Å². The van der Waals surface area contributed by atoms with E-state index >= 15 is 0 Å². The van der Waals surface area contributed by atoms with E-state index in [1.54, 1.807) is 12.1 Å². The minimum atomic E-state index is -0.550. The number of ether oxygens (including phenoxy) is 2. The summed E-state index contributed by atoms with van der Waals surface area (Å²) in [5, 5.41) is 0. The maximum Gasteiger partial charge on any atom is 0.338 e. The maximum absolute atomic E-state index is 11.2. The molecule has 0 aliphatic carbocycles. The van der Waals surface area contributed by atoms with Crippen molar-refractivity contribution in [3.8, 4) is 0 Å². The van der Waals surface area contributed by atoms with E-state index < -0.39 is 11.9 Å².